The molecule has 1 saturated heterocycles. The van der Waals surface area contributed by atoms with Crippen molar-refractivity contribution in [3.63, 3.8) is 0 Å². The van der Waals surface area contributed by atoms with Gasteiger partial charge >= 0.3 is 6.09 Å². The fourth-order valence-electron chi connectivity index (χ4n) is 3.00. The summed E-state index contributed by atoms with van der Waals surface area (Å²) in [7, 11) is 0. The first-order chi connectivity index (χ1) is 13.5. The molecule has 0 atom stereocenters. The molecule has 0 bridgehead atoms. The Morgan fingerprint density at radius 2 is 1.75 bits per heavy atom. The third-order valence-corrected chi connectivity index (χ3v) is 4.50. The van der Waals surface area contributed by atoms with Gasteiger partial charge in [-0.05, 0) is 32.9 Å². The number of rotatable bonds is 4. The number of piperazine rings is 1. The number of amides is 2. The van der Waals surface area contributed by atoms with Gasteiger partial charge in [0.05, 0.1) is 6.61 Å². The van der Waals surface area contributed by atoms with E-state index < -0.39 is 0 Å². The first-order valence-corrected chi connectivity index (χ1v) is 9.36. The lowest BCUT2D eigenvalue weighted by Crippen LogP contribution is -2.49. The van der Waals surface area contributed by atoms with Crippen molar-refractivity contribution in [3.8, 4) is 0 Å². The van der Waals surface area contributed by atoms with Crippen LogP contribution in [0.25, 0.3) is 0 Å². The molecule has 3 rings (SSSR count). The Kier molecular flexibility index (Phi) is 6.08. The molecule has 1 aromatic carbocycles. The molecular weight excluding hydrogens is 358 g/mol. The van der Waals surface area contributed by atoms with E-state index in [4.69, 9.17) is 4.74 Å². The molecule has 8 nitrogen and oxygen atoms in total. The lowest BCUT2D eigenvalue weighted by Gasteiger charge is -2.34. The summed E-state index contributed by atoms with van der Waals surface area (Å²) in [6, 6.07) is 9.29. The molecular formula is C20H25N5O3. The maximum Gasteiger partial charge on any atom is 0.409 e. The number of carbonyl (C=O) groups is 2. The van der Waals surface area contributed by atoms with E-state index in [1.807, 2.05) is 36.1 Å². The molecule has 148 valence electrons. The maximum absolute atomic E-state index is 12.6. The van der Waals surface area contributed by atoms with Crippen LogP contribution in [-0.2, 0) is 4.74 Å². The van der Waals surface area contributed by atoms with E-state index in [0.717, 1.165) is 11.3 Å². The minimum atomic E-state index is -0.292. The zero-order chi connectivity index (χ0) is 20.1. The molecule has 0 radical (unpaired) electrons. The minimum Gasteiger partial charge on any atom is -0.450 e. The van der Waals surface area contributed by atoms with Crippen LogP contribution in [-0.4, -0.2) is 59.7 Å². The summed E-state index contributed by atoms with van der Waals surface area (Å²) in [4.78, 5) is 36.9. The number of nitrogens with zero attached hydrogens (tertiary/aromatic N) is 4. The van der Waals surface area contributed by atoms with Crippen LogP contribution in [0.5, 0.6) is 0 Å². The molecule has 28 heavy (non-hydrogen) atoms. The van der Waals surface area contributed by atoms with E-state index in [-0.39, 0.29) is 12.0 Å². The Balaban J connectivity index is 1.69. The second-order valence-corrected chi connectivity index (χ2v) is 6.65. The van der Waals surface area contributed by atoms with Crippen LogP contribution in [0.4, 0.5) is 16.3 Å². The average Bonchev–Trinajstić information content (AvgIpc) is 2.69. The number of ether oxygens (including phenoxy) is 1. The number of carbonyl (C=O) groups excluding carboxylic acids is 2. The van der Waals surface area contributed by atoms with E-state index in [9.17, 15) is 9.59 Å². The topological polar surface area (TPSA) is 87.7 Å². The monoisotopic (exact) mass is 383 g/mol. The molecule has 0 unspecified atom stereocenters. The number of benzene rings is 1. The molecule has 2 aromatic rings. The third-order valence-electron chi connectivity index (χ3n) is 4.50. The SMILES string of the molecule is CCOC(=O)N1CCN(c2cc(C(=O)Nc3ccc(C)cc3)nc(C)n2)CC1. The van der Waals surface area contributed by atoms with Gasteiger partial charge in [-0.1, -0.05) is 17.7 Å². The molecule has 1 fully saturated rings. The van der Waals surface area contributed by atoms with Crippen LogP contribution in [0.2, 0.25) is 0 Å². The normalized spacial score (nSPS) is 14.0. The second kappa shape index (κ2) is 8.69. The van der Waals surface area contributed by atoms with E-state index in [2.05, 4.69) is 15.3 Å². The third kappa shape index (κ3) is 4.76. The summed E-state index contributed by atoms with van der Waals surface area (Å²) in [5.41, 5.74) is 2.16. The molecule has 1 N–H and O–H groups in total. The molecule has 0 saturated carbocycles. The average molecular weight is 383 g/mol. The van der Waals surface area contributed by atoms with Crippen molar-refractivity contribution in [2.75, 3.05) is 43.0 Å². The Hall–Kier alpha value is -3.16. The standard InChI is InChI=1S/C20H25N5O3/c1-4-28-20(27)25-11-9-24(10-12-25)18-13-17(21-15(3)22-18)19(26)23-16-7-5-14(2)6-8-16/h5-8,13H,4,9-12H2,1-3H3,(H,23,26). The Labute approximate surface area is 164 Å². The highest BCUT2D eigenvalue weighted by Gasteiger charge is 2.23. The zero-order valence-electron chi connectivity index (χ0n) is 16.4. The summed E-state index contributed by atoms with van der Waals surface area (Å²) in [6.07, 6.45) is -0.292. The van der Waals surface area contributed by atoms with Crippen LogP contribution in [0.1, 0.15) is 28.8 Å². The number of aryl methyl sites for hydroxylation is 2. The van der Waals surface area contributed by atoms with Crippen molar-refractivity contribution in [3.05, 3.63) is 47.4 Å². The quantitative estimate of drug-likeness (QED) is 0.873. The highest BCUT2D eigenvalue weighted by atomic mass is 16.6. The summed E-state index contributed by atoms with van der Waals surface area (Å²) in [5.74, 6) is 0.935. The highest BCUT2D eigenvalue weighted by Crippen LogP contribution is 2.17. The van der Waals surface area contributed by atoms with Crippen LogP contribution >= 0.6 is 0 Å². The number of hydrogen-bond donors (Lipinski definition) is 1. The van der Waals surface area contributed by atoms with Crippen molar-refractivity contribution in [2.24, 2.45) is 0 Å². The van der Waals surface area contributed by atoms with Gasteiger partial charge in [-0.2, -0.15) is 0 Å². The molecule has 1 aliphatic heterocycles. The Bertz CT molecular complexity index is 845. The Morgan fingerprint density at radius 1 is 1.07 bits per heavy atom. The summed E-state index contributed by atoms with van der Waals surface area (Å²) < 4.78 is 5.05. The first kappa shape index (κ1) is 19.6. The predicted octanol–water partition coefficient (Wildman–Crippen LogP) is 2.62. The maximum atomic E-state index is 12.6. The lowest BCUT2D eigenvalue weighted by molar-refractivity contribution is 0.102. The zero-order valence-corrected chi connectivity index (χ0v) is 16.4. The van der Waals surface area contributed by atoms with E-state index in [0.29, 0.717) is 50.1 Å². The molecule has 0 aliphatic carbocycles. The molecule has 8 heteroatoms. The number of hydrogen-bond acceptors (Lipinski definition) is 6. The largest absolute Gasteiger partial charge is 0.450 e. The summed E-state index contributed by atoms with van der Waals surface area (Å²) in [6.45, 7) is 8.25. The van der Waals surface area contributed by atoms with Gasteiger partial charge in [-0.3, -0.25) is 4.79 Å². The van der Waals surface area contributed by atoms with Crippen molar-refractivity contribution in [1.29, 1.82) is 0 Å². The van der Waals surface area contributed by atoms with Gasteiger partial charge in [0.2, 0.25) is 0 Å². The molecule has 1 aromatic heterocycles. The predicted molar refractivity (Wildman–Crippen MR) is 107 cm³/mol. The highest BCUT2D eigenvalue weighted by molar-refractivity contribution is 6.03. The van der Waals surface area contributed by atoms with Crippen LogP contribution in [0, 0.1) is 13.8 Å². The van der Waals surface area contributed by atoms with Crippen molar-refractivity contribution < 1.29 is 14.3 Å². The van der Waals surface area contributed by atoms with Gasteiger partial charge in [-0.25, -0.2) is 14.8 Å². The van der Waals surface area contributed by atoms with Gasteiger partial charge in [0.1, 0.15) is 17.3 Å². The van der Waals surface area contributed by atoms with Crippen LogP contribution < -0.4 is 10.2 Å². The molecule has 0 spiro atoms. The Morgan fingerprint density at radius 3 is 2.39 bits per heavy atom. The number of anilines is 2. The molecule has 1 aliphatic rings. The van der Waals surface area contributed by atoms with E-state index in [1.165, 1.54) is 0 Å². The van der Waals surface area contributed by atoms with Gasteiger partial charge in [0.25, 0.3) is 5.91 Å². The van der Waals surface area contributed by atoms with Crippen molar-refractivity contribution in [2.45, 2.75) is 20.8 Å². The van der Waals surface area contributed by atoms with E-state index >= 15 is 0 Å². The minimum absolute atomic E-state index is 0.277. The van der Waals surface area contributed by atoms with Gasteiger partial charge < -0.3 is 19.9 Å². The van der Waals surface area contributed by atoms with Crippen LogP contribution in [0.15, 0.2) is 30.3 Å². The second-order valence-electron chi connectivity index (χ2n) is 6.65. The van der Waals surface area contributed by atoms with Gasteiger partial charge in [0.15, 0.2) is 0 Å². The van der Waals surface area contributed by atoms with Crippen molar-refractivity contribution >= 4 is 23.5 Å². The van der Waals surface area contributed by atoms with Crippen LogP contribution in [0.3, 0.4) is 0 Å². The first-order valence-electron chi connectivity index (χ1n) is 9.36. The number of nitrogens with one attached hydrogen (secondary N) is 1. The lowest BCUT2D eigenvalue weighted by atomic mass is 10.2. The molecule has 2 amide bonds. The molecule has 2 heterocycles. The summed E-state index contributed by atoms with van der Waals surface area (Å²) in [5, 5.41) is 2.86. The van der Waals surface area contributed by atoms with Crippen molar-refractivity contribution in [1.82, 2.24) is 14.9 Å². The number of aromatic nitrogens is 2. The van der Waals surface area contributed by atoms with Gasteiger partial charge in [0, 0.05) is 37.9 Å². The van der Waals surface area contributed by atoms with Gasteiger partial charge in [-0.15, -0.1) is 0 Å². The van der Waals surface area contributed by atoms with E-state index in [1.54, 1.807) is 24.8 Å². The smallest absolute Gasteiger partial charge is 0.409 e. The fraction of sp³-hybridized carbons (Fsp3) is 0.400. The summed E-state index contributed by atoms with van der Waals surface area (Å²) >= 11 is 0. The fourth-order valence-corrected chi connectivity index (χ4v) is 3.00.